The first-order valence-electron chi connectivity index (χ1n) is 11.8. The van der Waals surface area contributed by atoms with Crippen molar-refractivity contribution in [3.05, 3.63) is 23.3 Å². The highest BCUT2D eigenvalue weighted by Crippen LogP contribution is 2.67. The van der Waals surface area contributed by atoms with Crippen LogP contribution in [0.5, 0.6) is 0 Å². The van der Waals surface area contributed by atoms with Crippen LogP contribution in [0.2, 0.25) is 0 Å². The molecule has 4 rings (SSSR count). The highest BCUT2D eigenvalue weighted by Gasteiger charge is 2.67. The first kappa shape index (κ1) is 22.9. The number of hydrogen-bond donors (Lipinski definition) is 0. The predicted octanol–water partition coefficient (Wildman–Crippen LogP) is 5.73. The summed E-state index contributed by atoms with van der Waals surface area (Å²) < 4.78 is 6.10. The molecule has 0 unspecified atom stereocenters. The molecular weight excluding hydrogens is 456 g/mol. The zero-order chi connectivity index (χ0) is 22.6. The minimum Gasteiger partial charge on any atom is -0.450 e. The van der Waals surface area contributed by atoms with E-state index in [-0.39, 0.29) is 28.4 Å². The predicted molar refractivity (Wildman–Crippen MR) is 124 cm³/mol. The van der Waals surface area contributed by atoms with Crippen molar-refractivity contribution in [1.82, 2.24) is 0 Å². The monoisotopic (exact) mass is 490 g/mol. The van der Waals surface area contributed by atoms with Crippen molar-refractivity contribution in [2.75, 3.05) is 5.33 Å². The minimum absolute atomic E-state index is 0.00490. The zero-order valence-electron chi connectivity index (χ0n) is 19.3. The Kier molecular flexibility index (Phi) is 5.90. The van der Waals surface area contributed by atoms with Crippen molar-refractivity contribution in [3.63, 3.8) is 0 Å². The number of alkyl halides is 1. The Labute approximate surface area is 194 Å². The number of carbonyl (C=O) groups excluding carboxylic acids is 3. The fourth-order valence-corrected chi connectivity index (χ4v) is 7.97. The van der Waals surface area contributed by atoms with Gasteiger partial charge in [0.25, 0.3) is 0 Å². The van der Waals surface area contributed by atoms with Crippen LogP contribution in [0.1, 0.15) is 79.1 Å². The van der Waals surface area contributed by atoms with Crippen LogP contribution in [0.3, 0.4) is 0 Å². The third-order valence-corrected chi connectivity index (χ3v) is 9.88. The van der Waals surface area contributed by atoms with Gasteiger partial charge in [0, 0.05) is 23.6 Å². The fraction of sp³-hybridized carbons (Fsp3) is 0.731. The summed E-state index contributed by atoms with van der Waals surface area (Å²) in [5, 5.41) is 0.750. The summed E-state index contributed by atoms with van der Waals surface area (Å²) in [6, 6.07) is 0. The first-order valence-corrected chi connectivity index (χ1v) is 12.9. The summed E-state index contributed by atoms with van der Waals surface area (Å²) in [6.07, 6.45) is 10.3. The first-order chi connectivity index (χ1) is 14.6. The molecule has 4 aliphatic carbocycles. The molecule has 2 saturated carbocycles. The van der Waals surface area contributed by atoms with Gasteiger partial charge in [-0.15, -0.1) is 0 Å². The van der Waals surface area contributed by atoms with E-state index in [1.54, 1.807) is 6.92 Å². The molecule has 0 aromatic heterocycles. The molecule has 0 heterocycles. The lowest BCUT2D eigenvalue weighted by molar-refractivity contribution is -0.187. The maximum absolute atomic E-state index is 13.0. The number of halogens is 1. The van der Waals surface area contributed by atoms with E-state index in [9.17, 15) is 14.4 Å². The minimum atomic E-state index is -1.01. The largest absolute Gasteiger partial charge is 0.450 e. The van der Waals surface area contributed by atoms with E-state index in [0.717, 1.165) is 31.0 Å². The summed E-state index contributed by atoms with van der Waals surface area (Å²) in [4.78, 5) is 37.8. The molecular formula is C26H35BrO4. The average Bonchev–Trinajstić information content (AvgIpc) is 3.01. The van der Waals surface area contributed by atoms with E-state index in [0.29, 0.717) is 43.4 Å². The molecule has 4 nitrogen and oxygen atoms in total. The number of ketones is 2. The topological polar surface area (TPSA) is 60.4 Å². The van der Waals surface area contributed by atoms with E-state index in [1.807, 2.05) is 6.08 Å². The van der Waals surface area contributed by atoms with Crippen LogP contribution in [0.4, 0.5) is 0 Å². The van der Waals surface area contributed by atoms with Crippen LogP contribution in [0.25, 0.3) is 0 Å². The van der Waals surface area contributed by atoms with Gasteiger partial charge in [0.2, 0.25) is 0 Å². The molecule has 0 spiro atoms. The molecule has 0 saturated heterocycles. The van der Waals surface area contributed by atoms with Crippen molar-refractivity contribution in [1.29, 1.82) is 0 Å². The second-order valence-corrected chi connectivity index (χ2v) is 11.5. The molecule has 170 valence electrons. The Morgan fingerprint density at radius 3 is 2.55 bits per heavy atom. The van der Waals surface area contributed by atoms with Crippen LogP contribution in [0.15, 0.2) is 23.3 Å². The highest BCUT2D eigenvalue weighted by atomic mass is 79.9. The molecule has 0 aromatic carbocycles. The smallest absolute Gasteiger partial charge is 0.306 e. The van der Waals surface area contributed by atoms with Crippen LogP contribution in [-0.2, 0) is 19.1 Å². The van der Waals surface area contributed by atoms with E-state index in [2.05, 4.69) is 42.8 Å². The lowest BCUT2D eigenvalue weighted by Crippen LogP contribution is -2.58. The molecule has 6 atom stereocenters. The van der Waals surface area contributed by atoms with E-state index in [4.69, 9.17) is 4.74 Å². The summed E-state index contributed by atoms with van der Waals surface area (Å²) >= 11 is 3.37. The van der Waals surface area contributed by atoms with Crippen LogP contribution in [-0.4, -0.2) is 28.5 Å². The number of Topliss-reactive ketones (excluding diaryl/α,β-unsaturated/α-hetero) is 1. The van der Waals surface area contributed by atoms with Crippen LogP contribution in [0, 0.1) is 28.6 Å². The van der Waals surface area contributed by atoms with Crippen LogP contribution < -0.4 is 0 Å². The third-order valence-electron chi connectivity index (χ3n) is 9.32. The Balaban J connectivity index is 1.71. The summed E-state index contributed by atoms with van der Waals surface area (Å²) in [6.45, 7) is 8.28. The van der Waals surface area contributed by atoms with E-state index in [1.165, 1.54) is 11.1 Å². The van der Waals surface area contributed by atoms with E-state index >= 15 is 0 Å². The molecule has 0 bridgehead atoms. The number of ether oxygens (including phenoxy) is 1. The van der Waals surface area contributed by atoms with Gasteiger partial charge in [-0.25, -0.2) is 0 Å². The second kappa shape index (κ2) is 7.97. The number of esters is 1. The summed E-state index contributed by atoms with van der Waals surface area (Å²) in [7, 11) is 0. The van der Waals surface area contributed by atoms with Gasteiger partial charge in [-0.05, 0) is 87.2 Å². The molecule has 31 heavy (non-hydrogen) atoms. The standard InChI is InChI=1S/C26H35BrO4/c1-16-14-19-20(24(3)10-7-18(29)15-22(16)24)8-11-25(4)21(19)9-12-26(25,17(2)28)31-23(30)6-5-13-27/h14-15,19-21H,5-13H2,1-4H3/t19-,20+,21+,24-,25+,26+/m1/s1. The quantitative estimate of drug-likeness (QED) is 0.364. The lowest BCUT2D eigenvalue weighted by atomic mass is 9.47. The van der Waals surface area contributed by atoms with Gasteiger partial charge in [-0.2, -0.15) is 0 Å². The Morgan fingerprint density at radius 1 is 1.16 bits per heavy atom. The molecule has 0 aliphatic heterocycles. The number of allylic oxidation sites excluding steroid dienone is 4. The van der Waals surface area contributed by atoms with Gasteiger partial charge in [0.1, 0.15) is 0 Å². The van der Waals surface area contributed by atoms with Gasteiger partial charge in [-0.3, -0.25) is 14.4 Å². The van der Waals surface area contributed by atoms with Crippen molar-refractivity contribution < 1.29 is 19.1 Å². The summed E-state index contributed by atoms with van der Waals surface area (Å²) in [5.41, 5.74) is 1.12. The van der Waals surface area contributed by atoms with Gasteiger partial charge in [0.15, 0.2) is 17.2 Å². The van der Waals surface area contributed by atoms with Gasteiger partial charge >= 0.3 is 5.97 Å². The molecule has 0 amide bonds. The molecule has 0 aromatic rings. The third kappa shape index (κ3) is 3.32. The maximum atomic E-state index is 13.0. The number of fused-ring (bicyclic) bond motifs is 5. The lowest BCUT2D eigenvalue weighted by Gasteiger charge is -2.58. The Morgan fingerprint density at radius 2 is 1.87 bits per heavy atom. The maximum Gasteiger partial charge on any atom is 0.306 e. The number of carbonyl (C=O) groups is 3. The van der Waals surface area contributed by atoms with Gasteiger partial charge in [0.05, 0.1) is 0 Å². The second-order valence-electron chi connectivity index (χ2n) is 10.7. The molecule has 0 radical (unpaired) electrons. The van der Waals surface area contributed by atoms with E-state index < -0.39 is 5.60 Å². The van der Waals surface area contributed by atoms with Gasteiger partial charge in [-0.1, -0.05) is 41.4 Å². The number of rotatable bonds is 5. The van der Waals surface area contributed by atoms with Crippen molar-refractivity contribution in [3.8, 4) is 0 Å². The zero-order valence-corrected chi connectivity index (χ0v) is 20.8. The highest BCUT2D eigenvalue weighted by molar-refractivity contribution is 9.09. The Bertz CT molecular complexity index is 873. The molecule has 2 fully saturated rings. The van der Waals surface area contributed by atoms with Gasteiger partial charge < -0.3 is 4.74 Å². The fourth-order valence-electron chi connectivity index (χ4n) is 7.69. The SMILES string of the molecule is CC(=O)[C@@]1(OC(=O)CCCBr)CC[C@H]2[C@@H]3C=C(C)C4=CC(=O)CC[C@]4(C)[C@H]3CC[C@@]21C. The molecule has 5 heteroatoms. The average molecular weight is 491 g/mol. The molecule has 0 N–H and O–H groups in total. The number of hydrogen-bond acceptors (Lipinski definition) is 4. The summed E-state index contributed by atoms with van der Waals surface area (Å²) in [5.74, 6) is 1.13. The van der Waals surface area contributed by atoms with Crippen molar-refractivity contribution >= 4 is 33.5 Å². The van der Waals surface area contributed by atoms with Crippen molar-refractivity contribution in [2.45, 2.75) is 84.7 Å². The normalized spacial score (nSPS) is 41.5. The van der Waals surface area contributed by atoms with Crippen LogP contribution >= 0.6 is 15.9 Å². The molecule has 4 aliphatic rings. The van der Waals surface area contributed by atoms with Crippen molar-refractivity contribution in [2.24, 2.45) is 28.6 Å². The Hall–Kier alpha value is -1.23.